The van der Waals surface area contributed by atoms with Gasteiger partial charge in [-0.2, -0.15) is 5.10 Å². The molecule has 0 unspecified atom stereocenters. The summed E-state index contributed by atoms with van der Waals surface area (Å²) >= 11 is 5.43. The molecule has 1 atom stereocenters. The molecule has 1 saturated carbocycles. The van der Waals surface area contributed by atoms with Crippen LogP contribution >= 0.6 is 12.2 Å². The molecular formula is C15H24N4O2S2. The van der Waals surface area contributed by atoms with Gasteiger partial charge >= 0.3 is 0 Å². The first-order chi connectivity index (χ1) is 10.8. The summed E-state index contributed by atoms with van der Waals surface area (Å²) in [6, 6.07) is 0.507. The highest BCUT2D eigenvalue weighted by atomic mass is 32.2. The third-order valence-corrected chi connectivity index (χ3v) is 6.86. The first-order valence-electron chi connectivity index (χ1n) is 8.03. The van der Waals surface area contributed by atoms with Crippen molar-refractivity contribution in [2.45, 2.75) is 51.7 Å². The topological polar surface area (TPSA) is 67.2 Å². The summed E-state index contributed by atoms with van der Waals surface area (Å²) in [4.78, 5) is 2.03. The third kappa shape index (κ3) is 3.68. The zero-order valence-electron chi connectivity index (χ0n) is 13.9. The van der Waals surface area contributed by atoms with E-state index in [9.17, 15) is 8.42 Å². The molecule has 6 nitrogen and oxygen atoms in total. The van der Waals surface area contributed by atoms with Gasteiger partial charge in [-0.05, 0) is 45.3 Å². The van der Waals surface area contributed by atoms with Crippen LogP contribution in [0.2, 0.25) is 0 Å². The molecule has 0 aromatic carbocycles. The second kappa shape index (κ2) is 6.05. The molecule has 3 rings (SSSR count). The van der Waals surface area contributed by atoms with Crippen molar-refractivity contribution in [3.05, 3.63) is 17.0 Å². The highest BCUT2D eigenvalue weighted by Crippen LogP contribution is 2.27. The Morgan fingerprint density at radius 2 is 2.09 bits per heavy atom. The number of thiocarbonyl (C=S) groups is 1. The molecule has 2 heterocycles. The standard InChI is InChI=1S/C15H24N4O2S2/c1-10-14(8-18(3)15(22)16-12-4-5-12)11(2)19(17-10)13-6-7-23(20,21)9-13/h12-13H,4-9H2,1-3H3,(H,16,22)/t13-/m1/s1. The molecule has 0 amide bonds. The Balaban J connectivity index is 1.74. The van der Waals surface area contributed by atoms with Crippen LogP contribution in [0.4, 0.5) is 0 Å². The molecule has 1 N–H and O–H groups in total. The highest BCUT2D eigenvalue weighted by Gasteiger charge is 2.31. The van der Waals surface area contributed by atoms with Gasteiger partial charge in [0, 0.05) is 30.9 Å². The summed E-state index contributed by atoms with van der Waals surface area (Å²) < 4.78 is 25.3. The fourth-order valence-electron chi connectivity index (χ4n) is 3.07. The molecule has 8 heteroatoms. The fraction of sp³-hybridized carbons (Fsp3) is 0.733. The fourth-order valence-corrected chi connectivity index (χ4v) is 4.99. The zero-order chi connectivity index (χ0) is 16.8. The van der Waals surface area contributed by atoms with Gasteiger partial charge in [0.1, 0.15) is 0 Å². The van der Waals surface area contributed by atoms with Gasteiger partial charge in [0.2, 0.25) is 0 Å². The molecule has 1 aliphatic carbocycles. The maximum atomic E-state index is 11.7. The van der Waals surface area contributed by atoms with Crippen molar-refractivity contribution >= 4 is 27.2 Å². The second-order valence-corrected chi connectivity index (χ2v) is 9.35. The van der Waals surface area contributed by atoms with Gasteiger partial charge in [-0.3, -0.25) is 4.68 Å². The summed E-state index contributed by atoms with van der Waals surface area (Å²) in [6.45, 7) is 4.69. The van der Waals surface area contributed by atoms with E-state index in [2.05, 4.69) is 10.4 Å². The number of aromatic nitrogens is 2. The monoisotopic (exact) mass is 356 g/mol. The normalized spacial score (nSPS) is 23.0. The van der Waals surface area contributed by atoms with E-state index in [1.807, 2.05) is 30.5 Å². The minimum absolute atomic E-state index is 0.0331. The number of aryl methyl sites for hydroxylation is 1. The predicted molar refractivity (Wildman–Crippen MR) is 94.2 cm³/mol. The summed E-state index contributed by atoms with van der Waals surface area (Å²) in [6.07, 6.45) is 3.04. The Morgan fingerprint density at radius 1 is 1.39 bits per heavy atom. The van der Waals surface area contributed by atoms with E-state index in [0.29, 0.717) is 19.0 Å². The van der Waals surface area contributed by atoms with Gasteiger partial charge in [-0.25, -0.2) is 8.42 Å². The molecule has 1 aromatic heterocycles. The molecule has 23 heavy (non-hydrogen) atoms. The SMILES string of the molecule is Cc1nn([C@@H]2CCS(=O)(=O)C2)c(C)c1CN(C)C(=S)NC1CC1. The Labute approximate surface area is 143 Å². The van der Waals surface area contributed by atoms with Gasteiger partial charge < -0.3 is 10.2 Å². The third-order valence-electron chi connectivity index (χ3n) is 4.68. The van der Waals surface area contributed by atoms with Crippen LogP contribution in [-0.2, 0) is 16.4 Å². The van der Waals surface area contributed by atoms with Crippen molar-refractivity contribution in [1.82, 2.24) is 20.0 Å². The van der Waals surface area contributed by atoms with Crippen LogP contribution in [0.5, 0.6) is 0 Å². The second-order valence-electron chi connectivity index (χ2n) is 6.73. The van der Waals surface area contributed by atoms with Crippen molar-refractivity contribution < 1.29 is 8.42 Å². The lowest BCUT2D eigenvalue weighted by atomic mass is 10.2. The number of sulfone groups is 1. The summed E-state index contributed by atoms with van der Waals surface area (Å²) in [7, 11) is -0.929. The molecule has 1 saturated heterocycles. The summed E-state index contributed by atoms with van der Waals surface area (Å²) in [5.41, 5.74) is 3.13. The lowest BCUT2D eigenvalue weighted by Crippen LogP contribution is -2.37. The molecule has 1 aliphatic heterocycles. The molecule has 0 spiro atoms. The predicted octanol–water partition coefficient (Wildman–Crippen LogP) is 1.33. The Hall–Kier alpha value is -1.15. The number of nitrogens with zero attached hydrogens (tertiary/aromatic N) is 3. The van der Waals surface area contributed by atoms with Gasteiger partial charge in [-0.15, -0.1) is 0 Å². The minimum Gasteiger partial charge on any atom is -0.360 e. The van der Waals surface area contributed by atoms with Crippen LogP contribution in [0.15, 0.2) is 0 Å². The maximum absolute atomic E-state index is 11.7. The number of rotatable bonds is 4. The molecule has 2 aliphatic rings. The van der Waals surface area contributed by atoms with Gasteiger partial charge in [-0.1, -0.05) is 0 Å². The van der Waals surface area contributed by atoms with Crippen molar-refractivity contribution in [3.8, 4) is 0 Å². The number of nitrogens with one attached hydrogen (secondary N) is 1. The maximum Gasteiger partial charge on any atom is 0.169 e. The lowest BCUT2D eigenvalue weighted by molar-refractivity contribution is 0.474. The number of hydrogen-bond donors (Lipinski definition) is 1. The van der Waals surface area contributed by atoms with Gasteiger partial charge in [0.05, 0.1) is 23.2 Å². The van der Waals surface area contributed by atoms with Crippen LogP contribution in [0, 0.1) is 13.8 Å². The highest BCUT2D eigenvalue weighted by molar-refractivity contribution is 7.91. The van der Waals surface area contributed by atoms with E-state index < -0.39 is 9.84 Å². The van der Waals surface area contributed by atoms with Crippen LogP contribution < -0.4 is 5.32 Å². The first kappa shape index (κ1) is 16.7. The molecular weight excluding hydrogens is 332 g/mol. The van der Waals surface area contributed by atoms with Crippen molar-refractivity contribution in [1.29, 1.82) is 0 Å². The van der Waals surface area contributed by atoms with Crippen LogP contribution in [-0.4, -0.2) is 52.8 Å². The average molecular weight is 357 g/mol. The molecule has 2 fully saturated rings. The van der Waals surface area contributed by atoms with Crippen molar-refractivity contribution in [2.24, 2.45) is 0 Å². The minimum atomic E-state index is -2.91. The largest absolute Gasteiger partial charge is 0.360 e. The van der Waals surface area contributed by atoms with E-state index in [4.69, 9.17) is 12.2 Å². The van der Waals surface area contributed by atoms with E-state index in [1.165, 1.54) is 12.8 Å². The van der Waals surface area contributed by atoms with Crippen molar-refractivity contribution in [2.75, 3.05) is 18.6 Å². The van der Waals surface area contributed by atoms with Crippen molar-refractivity contribution in [3.63, 3.8) is 0 Å². The summed E-state index contributed by atoms with van der Waals surface area (Å²) in [5.74, 6) is 0.465. The van der Waals surface area contributed by atoms with E-state index in [1.54, 1.807) is 0 Å². The Morgan fingerprint density at radius 3 is 2.65 bits per heavy atom. The molecule has 0 radical (unpaired) electrons. The smallest absolute Gasteiger partial charge is 0.169 e. The van der Waals surface area contributed by atoms with Gasteiger partial charge in [0.25, 0.3) is 0 Å². The average Bonchev–Trinajstić information content (AvgIpc) is 3.15. The quantitative estimate of drug-likeness (QED) is 0.821. The molecule has 1 aromatic rings. The first-order valence-corrected chi connectivity index (χ1v) is 10.3. The zero-order valence-corrected chi connectivity index (χ0v) is 15.5. The van der Waals surface area contributed by atoms with Crippen LogP contribution in [0.1, 0.15) is 42.3 Å². The summed E-state index contributed by atoms with van der Waals surface area (Å²) in [5, 5.41) is 8.71. The van der Waals surface area contributed by atoms with Crippen LogP contribution in [0.3, 0.4) is 0 Å². The van der Waals surface area contributed by atoms with E-state index >= 15 is 0 Å². The lowest BCUT2D eigenvalue weighted by Gasteiger charge is -2.21. The van der Waals surface area contributed by atoms with Crippen LogP contribution in [0.25, 0.3) is 0 Å². The van der Waals surface area contributed by atoms with E-state index in [0.717, 1.165) is 22.1 Å². The van der Waals surface area contributed by atoms with Gasteiger partial charge in [0.15, 0.2) is 14.9 Å². The Kier molecular flexibility index (Phi) is 4.39. The number of hydrogen-bond acceptors (Lipinski definition) is 4. The molecule has 128 valence electrons. The van der Waals surface area contributed by atoms with E-state index in [-0.39, 0.29) is 17.5 Å². The molecule has 0 bridgehead atoms. The Bertz CT molecular complexity index is 722.